The van der Waals surface area contributed by atoms with E-state index in [2.05, 4.69) is 31.1 Å². The highest BCUT2D eigenvalue weighted by Gasteiger charge is 2.39. The zero-order valence-electron chi connectivity index (χ0n) is 21.7. The van der Waals surface area contributed by atoms with Crippen LogP contribution in [0.25, 0.3) is 17.1 Å². The zero-order chi connectivity index (χ0) is 28.6. The number of carbonyl (C=O) groups is 1. The summed E-state index contributed by atoms with van der Waals surface area (Å²) in [5.41, 5.74) is 4.13. The van der Waals surface area contributed by atoms with Crippen molar-refractivity contribution in [3.05, 3.63) is 90.3 Å². The Hall–Kier alpha value is -4.45. The summed E-state index contributed by atoms with van der Waals surface area (Å²) < 4.78 is 42.5. The third-order valence-electron chi connectivity index (χ3n) is 6.58. The highest BCUT2D eigenvalue weighted by Crippen LogP contribution is 2.46. The van der Waals surface area contributed by atoms with Crippen LogP contribution in [-0.4, -0.2) is 43.7 Å². The second-order valence-corrected chi connectivity index (χ2v) is 10.9. The van der Waals surface area contributed by atoms with Gasteiger partial charge in [0, 0.05) is 5.56 Å². The van der Waals surface area contributed by atoms with E-state index < -0.39 is 6.36 Å². The molecule has 0 spiro atoms. The molecule has 1 atom stereocenters. The van der Waals surface area contributed by atoms with Gasteiger partial charge in [-0.2, -0.15) is 5.10 Å². The topological polar surface area (TPSA) is 85.0 Å². The van der Waals surface area contributed by atoms with Crippen LogP contribution in [0.4, 0.5) is 18.9 Å². The molecule has 2 aliphatic rings. The van der Waals surface area contributed by atoms with Gasteiger partial charge in [-0.25, -0.2) is 9.67 Å². The highest BCUT2D eigenvalue weighted by molar-refractivity contribution is 8.16. The molecule has 208 valence electrons. The van der Waals surface area contributed by atoms with E-state index in [4.69, 9.17) is 0 Å². The van der Waals surface area contributed by atoms with Crippen LogP contribution in [0.5, 0.6) is 5.75 Å². The lowest BCUT2D eigenvalue weighted by molar-refractivity contribution is -0.274. The van der Waals surface area contributed by atoms with Crippen molar-refractivity contribution in [1.29, 1.82) is 0 Å². The molecular formula is C29H23F3N6O2S. The molecule has 1 aliphatic heterocycles. The summed E-state index contributed by atoms with van der Waals surface area (Å²) in [7, 11) is 0. The molecular weight excluding hydrogens is 553 g/mol. The minimum absolute atomic E-state index is 0.000997. The van der Waals surface area contributed by atoms with E-state index in [0.717, 1.165) is 29.7 Å². The predicted octanol–water partition coefficient (Wildman–Crippen LogP) is 6.57. The number of carbonyl (C=O) groups excluding carboxylic acids is 1. The molecule has 1 aliphatic carbocycles. The Morgan fingerprint density at radius 3 is 2.46 bits per heavy atom. The van der Waals surface area contributed by atoms with Crippen molar-refractivity contribution in [3.8, 4) is 22.8 Å². The van der Waals surface area contributed by atoms with Crippen molar-refractivity contribution >= 4 is 34.7 Å². The first kappa shape index (κ1) is 26.8. The molecule has 1 unspecified atom stereocenters. The second kappa shape index (κ2) is 10.8. The number of thioether (sulfide) groups is 1. The molecule has 1 saturated heterocycles. The van der Waals surface area contributed by atoms with Crippen LogP contribution in [0.2, 0.25) is 0 Å². The number of rotatable bonds is 7. The first-order valence-electron chi connectivity index (χ1n) is 12.8. The van der Waals surface area contributed by atoms with Crippen molar-refractivity contribution in [3.63, 3.8) is 0 Å². The van der Waals surface area contributed by atoms with Gasteiger partial charge in [0.25, 0.3) is 0 Å². The van der Waals surface area contributed by atoms with E-state index in [0.29, 0.717) is 22.6 Å². The first-order chi connectivity index (χ1) is 19.7. The molecule has 0 radical (unpaired) electrons. The van der Waals surface area contributed by atoms with Gasteiger partial charge in [0.1, 0.15) is 12.1 Å². The zero-order valence-corrected chi connectivity index (χ0v) is 22.5. The van der Waals surface area contributed by atoms with Gasteiger partial charge in [-0.15, -0.1) is 23.4 Å². The number of hydrogen-bond acceptors (Lipinski definition) is 7. The molecule has 0 bridgehead atoms. The SMILES string of the molecule is CC1SC(=NN=Cc2ccc(-c3ncn(-c4ccc(OC(F)(F)F)cc4)n3)cc2)N(c2ccccc2C2CC2)C1=O. The summed E-state index contributed by atoms with van der Waals surface area (Å²) in [6, 6.07) is 20.7. The van der Waals surface area contributed by atoms with Gasteiger partial charge in [-0.1, -0.05) is 54.2 Å². The molecule has 41 heavy (non-hydrogen) atoms. The van der Waals surface area contributed by atoms with E-state index >= 15 is 0 Å². The lowest BCUT2D eigenvalue weighted by Crippen LogP contribution is -2.32. The predicted molar refractivity (Wildman–Crippen MR) is 151 cm³/mol. The maximum absolute atomic E-state index is 13.0. The summed E-state index contributed by atoms with van der Waals surface area (Å²) in [5.74, 6) is 0.623. The summed E-state index contributed by atoms with van der Waals surface area (Å²) in [6.07, 6.45) is 0.612. The molecule has 3 aromatic carbocycles. The number of alkyl halides is 3. The number of benzene rings is 3. The van der Waals surface area contributed by atoms with Gasteiger partial charge in [-0.05, 0) is 67.1 Å². The van der Waals surface area contributed by atoms with Gasteiger partial charge < -0.3 is 4.74 Å². The van der Waals surface area contributed by atoms with Gasteiger partial charge in [0.2, 0.25) is 5.91 Å². The van der Waals surface area contributed by atoms with Crippen molar-refractivity contribution in [2.75, 3.05) is 4.90 Å². The van der Waals surface area contributed by atoms with Crippen molar-refractivity contribution in [1.82, 2.24) is 14.8 Å². The average molecular weight is 577 g/mol. The second-order valence-electron chi connectivity index (χ2n) is 9.57. The van der Waals surface area contributed by atoms with Crippen LogP contribution in [0.1, 0.15) is 36.8 Å². The van der Waals surface area contributed by atoms with E-state index in [1.165, 1.54) is 52.6 Å². The molecule has 4 aromatic rings. The van der Waals surface area contributed by atoms with E-state index in [1.807, 2.05) is 49.4 Å². The summed E-state index contributed by atoms with van der Waals surface area (Å²) >= 11 is 1.39. The Morgan fingerprint density at radius 1 is 1.02 bits per heavy atom. The molecule has 2 heterocycles. The normalized spacial score (nSPS) is 18.5. The minimum Gasteiger partial charge on any atom is -0.406 e. The minimum atomic E-state index is -4.75. The summed E-state index contributed by atoms with van der Waals surface area (Å²) in [4.78, 5) is 19.0. The van der Waals surface area contributed by atoms with Gasteiger partial charge in [0.05, 0.1) is 22.8 Å². The van der Waals surface area contributed by atoms with Gasteiger partial charge >= 0.3 is 6.36 Å². The fourth-order valence-electron chi connectivity index (χ4n) is 4.44. The molecule has 8 nitrogen and oxygen atoms in total. The Morgan fingerprint density at radius 2 is 1.76 bits per heavy atom. The lowest BCUT2D eigenvalue weighted by Gasteiger charge is -2.19. The fraction of sp³-hybridized carbons (Fsp3) is 0.207. The van der Waals surface area contributed by atoms with Crippen LogP contribution in [0.15, 0.2) is 89.3 Å². The molecule has 0 N–H and O–H groups in total. The number of anilines is 1. The Balaban J connectivity index is 1.15. The third-order valence-corrected chi connectivity index (χ3v) is 7.61. The quantitative estimate of drug-likeness (QED) is 0.184. The number of amides is 1. The standard InChI is InChI=1S/C29H23F3N6O2S/c1-18-27(39)38(25-5-3-2-4-24(25)20-10-11-20)28(41-18)35-34-16-19-6-8-21(9-7-19)26-33-17-37(36-26)22-12-14-23(15-13-22)40-29(30,31)32/h2-9,12-18,20H,10-11H2,1H3. The Labute approximate surface area is 237 Å². The van der Waals surface area contributed by atoms with E-state index in [-0.39, 0.29) is 16.9 Å². The Kier molecular flexibility index (Phi) is 7.08. The summed E-state index contributed by atoms with van der Waals surface area (Å²) in [5, 5.41) is 13.4. The smallest absolute Gasteiger partial charge is 0.406 e. The summed E-state index contributed by atoms with van der Waals surface area (Å²) in [6.45, 7) is 1.87. The molecule has 12 heteroatoms. The number of para-hydroxylation sites is 1. The maximum Gasteiger partial charge on any atom is 0.573 e. The van der Waals surface area contributed by atoms with Gasteiger partial charge in [0.15, 0.2) is 11.0 Å². The van der Waals surface area contributed by atoms with Crippen LogP contribution >= 0.6 is 11.8 Å². The van der Waals surface area contributed by atoms with Crippen molar-refractivity contribution in [2.24, 2.45) is 10.2 Å². The Bertz CT molecular complexity index is 1630. The van der Waals surface area contributed by atoms with Crippen LogP contribution in [-0.2, 0) is 4.79 Å². The van der Waals surface area contributed by atoms with E-state index in [1.54, 1.807) is 11.1 Å². The number of ether oxygens (including phenoxy) is 1. The molecule has 6 rings (SSSR count). The number of aromatic nitrogens is 3. The largest absolute Gasteiger partial charge is 0.573 e. The number of nitrogens with zero attached hydrogens (tertiary/aromatic N) is 6. The lowest BCUT2D eigenvalue weighted by atomic mass is 10.1. The van der Waals surface area contributed by atoms with Crippen LogP contribution in [0, 0.1) is 0 Å². The number of halogens is 3. The molecule has 1 saturated carbocycles. The van der Waals surface area contributed by atoms with Crippen molar-refractivity contribution < 1.29 is 22.7 Å². The van der Waals surface area contributed by atoms with Crippen LogP contribution in [0.3, 0.4) is 0 Å². The fourth-order valence-corrected chi connectivity index (χ4v) is 5.35. The number of hydrogen-bond donors (Lipinski definition) is 0. The molecule has 1 amide bonds. The molecule has 2 fully saturated rings. The monoisotopic (exact) mass is 576 g/mol. The van der Waals surface area contributed by atoms with Crippen molar-refractivity contribution in [2.45, 2.75) is 37.3 Å². The van der Waals surface area contributed by atoms with Gasteiger partial charge in [-0.3, -0.25) is 9.69 Å². The van der Waals surface area contributed by atoms with Crippen LogP contribution < -0.4 is 9.64 Å². The number of amidine groups is 1. The first-order valence-corrected chi connectivity index (χ1v) is 13.7. The molecule has 1 aromatic heterocycles. The maximum atomic E-state index is 13.0. The van der Waals surface area contributed by atoms with E-state index in [9.17, 15) is 18.0 Å². The third kappa shape index (κ3) is 6.02. The average Bonchev–Trinajstić information content (AvgIpc) is 3.61. The highest BCUT2D eigenvalue weighted by atomic mass is 32.2.